The third-order valence-corrected chi connectivity index (χ3v) is 1.71. The zero-order chi connectivity index (χ0) is 15.1. The Hall–Kier alpha value is -2.24. The molecule has 0 aromatic heterocycles. The molecule has 0 unspecified atom stereocenters. The van der Waals surface area contributed by atoms with E-state index in [1.807, 2.05) is 13.8 Å². The van der Waals surface area contributed by atoms with Crippen LogP contribution in [-0.2, 0) is 28.5 Å². The molecule has 0 spiro atoms. The molecule has 0 amide bonds. The molecule has 0 atom stereocenters. The molecule has 0 rings (SSSR count). The summed E-state index contributed by atoms with van der Waals surface area (Å²) < 4.78 is 19.4. The molecule has 0 aromatic rings. The first-order chi connectivity index (χ1) is 9.70. The molecule has 0 aliphatic carbocycles. The molecular formula is C14H20O6. The summed E-state index contributed by atoms with van der Waals surface area (Å²) in [7, 11) is 0. The van der Waals surface area contributed by atoms with Gasteiger partial charge >= 0.3 is 11.9 Å². The second-order valence-electron chi connectivity index (χ2n) is 3.35. The molecule has 0 aliphatic heterocycles. The van der Waals surface area contributed by atoms with Gasteiger partial charge in [-0.1, -0.05) is 12.2 Å². The Morgan fingerprint density at radius 1 is 0.750 bits per heavy atom. The van der Waals surface area contributed by atoms with E-state index in [2.05, 4.69) is 0 Å². The Balaban J connectivity index is 3.64. The molecule has 0 aromatic carbocycles. The third kappa shape index (κ3) is 12.2. The molecule has 112 valence electrons. The van der Waals surface area contributed by atoms with E-state index in [1.54, 1.807) is 12.2 Å². The molecule has 0 aliphatic rings. The van der Waals surface area contributed by atoms with Gasteiger partial charge in [0.2, 0.25) is 0 Å². The van der Waals surface area contributed by atoms with Crippen LogP contribution in [0.3, 0.4) is 0 Å². The summed E-state index contributed by atoms with van der Waals surface area (Å²) in [6.45, 7) is 4.36. The molecular weight excluding hydrogens is 264 g/mol. The normalized spacial score (nSPS) is 11.1. The maximum absolute atomic E-state index is 11.2. The number of esters is 2. The van der Waals surface area contributed by atoms with Gasteiger partial charge in [-0.3, -0.25) is 0 Å². The Morgan fingerprint density at radius 2 is 1.15 bits per heavy atom. The number of allylic oxidation sites excluding steroid dienone is 2. The second kappa shape index (κ2) is 13.2. The van der Waals surface area contributed by atoms with Crippen LogP contribution in [0, 0.1) is 0 Å². The van der Waals surface area contributed by atoms with Crippen LogP contribution in [0.2, 0.25) is 0 Å². The number of hydrogen-bond donors (Lipinski definition) is 0. The SMILES string of the molecule is CC=COCCOC(=O)C=CC(=O)OCCOC=CC. The van der Waals surface area contributed by atoms with Gasteiger partial charge in [-0.15, -0.1) is 0 Å². The second-order valence-corrected chi connectivity index (χ2v) is 3.35. The zero-order valence-corrected chi connectivity index (χ0v) is 11.7. The van der Waals surface area contributed by atoms with Gasteiger partial charge in [0.15, 0.2) is 0 Å². The van der Waals surface area contributed by atoms with E-state index in [1.165, 1.54) is 12.5 Å². The largest absolute Gasteiger partial charge is 0.498 e. The summed E-state index contributed by atoms with van der Waals surface area (Å²) >= 11 is 0. The van der Waals surface area contributed by atoms with Gasteiger partial charge in [-0.05, 0) is 13.8 Å². The van der Waals surface area contributed by atoms with Gasteiger partial charge < -0.3 is 18.9 Å². The number of rotatable bonds is 10. The zero-order valence-electron chi connectivity index (χ0n) is 11.7. The molecule has 0 saturated heterocycles. The lowest BCUT2D eigenvalue weighted by Gasteiger charge is -2.02. The number of ether oxygens (including phenoxy) is 4. The van der Waals surface area contributed by atoms with E-state index in [9.17, 15) is 9.59 Å². The minimum Gasteiger partial charge on any atom is -0.498 e. The Kier molecular flexibility index (Phi) is 11.7. The number of carbonyl (C=O) groups excluding carboxylic acids is 2. The summed E-state index contributed by atoms with van der Waals surface area (Å²) in [5.41, 5.74) is 0. The van der Waals surface area contributed by atoms with Crippen molar-refractivity contribution >= 4 is 11.9 Å². The van der Waals surface area contributed by atoms with E-state index in [-0.39, 0.29) is 26.4 Å². The van der Waals surface area contributed by atoms with Crippen LogP contribution in [-0.4, -0.2) is 38.4 Å². The summed E-state index contributed by atoms with van der Waals surface area (Å²) in [5, 5.41) is 0. The van der Waals surface area contributed by atoms with Crippen LogP contribution >= 0.6 is 0 Å². The lowest BCUT2D eigenvalue weighted by molar-refractivity contribution is -0.141. The predicted octanol–water partition coefficient (Wildman–Crippen LogP) is 1.73. The monoisotopic (exact) mass is 284 g/mol. The Labute approximate surface area is 118 Å². The Bertz CT molecular complexity index is 323. The average Bonchev–Trinajstić information content (AvgIpc) is 2.44. The van der Waals surface area contributed by atoms with E-state index in [4.69, 9.17) is 18.9 Å². The molecule has 6 heteroatoms. The summed E-state index contributed by atoms with van der Waals surface area (Å²) in [6.07, 6.45) is 8.44. The average molecular weight is 284 g/mol. The molecule has 20 heavy (non-hydrogen) atoms. The summed E-state index contributed by atoms with van der Waals surface area (Å²) in [6, 6.07) is 0. The van der Waals surface area contributed by atoms with Gasteiger partial charge in [-0.2, -0.15) is 0 Å². The molecule has 0 fully saturated rings. The fourth-order valence-corrected chi connectivity index (χ4v) is 0.942. The molecule has 0 saturated carbocycles. The van der Waals surface area contributed by atoms with E-state index < -0.39 is 11.9 Å². The van der Waals surface area contributed by atoms with E-state index >= 15 is 0 Å². The van der Waals surface area contributed by atoms with E-state index in [0.29, 0.717) is 0 Å². The first kappa shape index (κ1) is 17.8. The first-order valence-electron chi connectivity index (χ1n) is 6.17. The molecule has 6 nitrogen and oxygen atoms in total. The minimum absolute atomic E-state index is 0.111. The molecule has 0 radical (unpaired) electrons. The quantitative estimate of drug-likeness (QED) is 0.263. The minimum atomic E-state index is -0.629. The maximum atomic E-state index is 11.2. The van der Waals surface area contributed by atoms with Crippen LogP contribution in [0.5, 0.6) is 0 Å². The van der Waals surface area contributed by atoms with Crippen molar-refractivity contribution < 1.29 is 28.5 Å². The highest BCUT2D eigenvalue weighted by Gasteiger charge is 2.00. The predicted molar refractivity (Wildman–Crippen MR) is 72.6 cm³/mol. The highest BCUT2D eigenvalue weighted by Crippen LogP contribution is 1.88. The van der Waals surface area contributed by atoms with Crippen LogP contribution < -0.4 is 0 Å². The van der Waals surface area contributed by atoms with Crippen LogP contribution in [0.15, 0.2) is 36.8 Å². The van der Waals surface area contributed by atoms with E-state index in [0.717, 1.165) is 12.2 Å². The highest BCUT2D eigenvalue weighted by atomic mass is 16.6. The van der Waals surface area contributed by atoms with Crippen molar-refractivity contribution in [2.45, 2.75) is 13.8 Å². The van der Waals surface area contributed by atoms with Gasteiger partial charge in [-0.25, -0.2) is 9.59 Å². The highest BCUT2D eigenvalue weighted by molar-refractivity contribution is 5.91. The molecule has 0 N–H and O–H groups in total. The fraction of sp³-hybridized carbons (Fsp3) is 0.429. The Morgan fingerprint density at radius 3 is 1.50 bits per heavy atom. The van der Waals surface area contributed by atoms with Crippen molar-refractivity contribution in [3.63, 3.8) is 0 Å². The van der Waals surface area contributed by atoms with Crippen LogP contribution in [0.4, 0.5) is 0 Å². The third-order valence-electron chi connectivity index (χ3n) is 1.71. The van der Waals surface area contributed by atoms with Crippen molar-refractivity contribution in [1.82, 2.24) is 0 Å². The standard InChI is InChI=1S/C14H20O6/c1-3-7-17-9-11-19-13(15)5-6-14(16)20-12-10-18-8-4-2/h3-8H,9-12H2,1-2H3. The first-order valence-corrected chi connectivity index (χ1v) is 6.17. The van der Waals surface area contributed by atoms with Gasteiger partial charge in [0.05, 0.1) is 12.5 Å². The fourth-order valence-electron chi connectivity index (χ4n) is 0.942. The molecule has 0 bridgehead atoms. The van der Waals surface area contributed by atoms with Gasteiger partial charge in [0.25, 0.3) is 0 Å². The lowest BCUT2D eigenvalue weighted by atomic mass is 10.5. The van der Waals surface area contributed by atoms with Crippen molar-refractivity contribution in [2.75, 3.05) is 26.4 Å². The maximum Gasteiger partial charge on any atom is 0.331 e. The van der Waals surface area contributed by atoms with Crippen molar-refractivity contribution in [1.29, 1.82) is 0 Å². The van der Waals surface area contributed by atoms with Gasteiger partial charge in [0, 0.05) is 12.2 Å². The smallest absolute Gasteiger partial charge is 0.331 e. The lowest BCUT2D eigenvalue weighted by Crippen LogP contribution is -2.09. The van der Waals surface area contributed by atoms with Gasteiger partial charge in [0.1, 0.15) is 26.4 Å². The van der Waals surface area contributed by atoms with Crippen LogP contribution in [0.1, 0.15) is 13.8 Å². The summed E-state index contributed by atoms with van der Waals surface area (Å²) in [4.78, 5) is 22.3. The number of carbonyl (C=O) groups is 2. The van der Waals surface area contributed by atoms with Crippen LogP contribution in [0.25, 0.3) is 0 Å². The molecule has 0 heterocycles. The summed E-state index contributed by atoms with van der Waals surface area (Å²) in [5.74, 6) is -1.26. The topological polar surface area (TPSA) is 71.1 Å². The van der Waals surface area contributed by atoms with Crippen molar-refractivity contribution in [3.05, 3.63) is 36.8 Å². The number of hydrogen-bond acceptors (Lipinski definition) is 6. The van der Waals surface area contributed by atoms with Crippen molar-refractivity contribution in [3.8, 4) is 0 Å². The van der Waals surface area contributed by atoms with Crippen molar-refractivity contribution in [2.24, 2.45) is 0 Å².